The second kappa shape index (κ2) is 7.06. The average Bonchev–Trinajstić information content (AvgIpc) is 3.08. The molecule has 3 rings (SSSR count). The van der Waals surface area contributed by atoms with Crippen molar-refractivity contribution in [3.63, 3.8) is 0 Å². The molecule has 0 bridgehead atoms. The standard InChI is InChI=1S/C13H19N2O4PS3/c1-8-5-11(15-6-9(2)12(16)14-13(15)17)19-10(8)7-18-20(21)22-3-4-23-20/h6,8,10-11H,3-5,7H2,1-2H3,(H,14,16,17)/t8-,10+,11+/m0/s1. The van der Waals surface area contributed by atoms with Gasteiger partial charge in [-0.1, -0.05) is 29.7 Å². The Morgan fingerprint density at radius 2 is 2.17 bits per heavy atom. The average molecular weight is 394 g/mol. The zero-order valence-corrected chi connectivity index (χ0v) is 16.2. The molecule has 1 aromatic rings. The lowest BCUT2D eigenvalue weighted by Gasteiger charge is -2.20. The Kier molecular flexibility index (Phi) is 5.45. The molecule has 2 fully saturated rings. The first-order chi connectivity index (χ1) is 10.9. The van der Waals surface area contributed by atoms with E-state index in [1.807, 2.05) is 0 Å². The Morgan fingerprint density at radius 3 is 2.87 bits per heavy atom. The fraction of sp³-hybridized carbons (Fsp3) is 0.692. The van der Waals surface area contributed by atoms with Crippen LogP contribution in [-0.4, -0.2) is 33.8 Å². The maximum atomic E-state index is 12.0. The number of rotatable bonds is 4. The van der Waals surface area contributed by atoms with E-state index in [0.29, 0.717) is 18.6 Å². The van der Waals surface area contributed by atoms with E-state index in [9.17, 15) is 9.59 Å². The van der Waals surface area contributed by atoms with Crippen LogP contribution in [-0.2, 0) is 21.1 Å². The normalized spacial score (nSPS) is 29.9. The number of hydrogen-bond donors (Lipinski definition) is 1. The lowest BCUT2D eigenvalue weighted by atomic mass is 10.0. The van der Waals surface area contributed by atoms with E-state index in [4.69, 9.17) is 21.1 Å². The van der Waals surface area contributed by atoms with Crippen molar-refractivity contribution >= 4 is 39.2 Å². The number of aromatic nitrogens is 2. The van der Waals surface area contributed by atoms with Crippen molar-refractivity contribution in [2.24, 2.45) is 5.92 Å². The molecular weight excluding hydrogens is 375 g/mol. The van der Waals surface area contributed by atoms with Crippen molar-refractivity contribution in [3.8, 4) is 0 Å². The molecule has 23 heavy (non-hydrogen) atoms. The van der Waals surface area contributed by atoms with E-state index >= 15 is 0 Å². The molecule has 128 valence electrons. The van der Waals surface area contributed by atoms with Crippen LogP contribution in [0.2, 0.25) is 0 Å². The van der Waals surface area contributed by atoms with Crippen LogP contribution >= 0.6 is 27.4 Å². The minimum absolute atomic E-state index is 0.0826. The zero-order valence-electron chi connectivity index (χ0n) is 12.9. The topological polar surface area (TPSA) is 73.3 Å². The SMILES string of the molecule is Cc1cn([C@H]2C[C@H](C)[C@@H](COP3(=S)SCCS3)O2)c(=O)[nH]c1=O. The highest BCUT2D eigenvalue weighted by atomic mass is 33.2. The number of H-pyrrole nitrogens is 1. The van der Waals surface area contributed by atoms with Crippen LogP contribution < -0.4 is 11.2 Å². The highest BCUT2D eigenvalue weighted by Gasteiger charge is 2.36. The summed E-state index contributed by atoms with van der Waals surface area (Å²) in [6.45, 7) is 4.22. The maximum Gasteiger partial charge on any atom is 0.330 e. The first-order valence-corrected chi connectivity index (χ1v) is 13.3. The summed E-state index contributed by atoms with van der Waals surface area (Å²) in [5.74, 6) is 2.37. The van der Waals surface area contributed by atoms with Gasteiger partial charge in [0.05, 0.1) is 12.7 Å². The van der Waals surface area contributed by atoms with Crippen LogP contribution in [0.3, 0.4) is 0 Å². The quantitative estimate of drug-likeness (QED) is 0.787. The Bertz CT molecular complexity index is 739. The van der Waals surface area contributed by atoms with Gasteiger partial charge in [0.1, 0.15) is 6.23 Å². The number of ether oxygens (including phenoxy) is 1. The molecular formula is C13H19N2O4PS3. The number of nitrogens with zero attached hydrogens (tertiary/aromatic N) is 1. The van der Waals surface area contributed by atoms with Crippen LogP contribution in [0.1, 0.15) is 25.1 Å². The van der Waals surface area contributed by atoms with Crippen LogP contribution in [0.4, 0.5) is 0 Å². The molecule has 0 radical (unpaired) electrons. The zero-order chi connectivity index (χ0) is 16.6. The summed E-state index contributed by atoms with van der Waals surface area (Å²) >= 11 is 9.08. The van der Waals surface area contributed by atoms with Crippen molar-refractivity contribution < 1.29 is 9.26 Å². The van der Waals surface area contributed by atoms with Crippen molar-refractivity contribution in [2.45, 2.75) is 32.6 Å². The number of aromatic amines is 1. The van der Waals surface area contributed by atoms with E-state index in [1.54, 1.807) is 35.9 Å². The molecule has 0 aliphatic carbocycles. The molecule has 0 unspecified atom stereocenters. The third-order valence-corrected chi connectivity index (χ3v) is 13.8. The second-order valence-corrected chi connectivity index (χ2v) is 16.5. The van der Waals surface area contributed by atoms with E-state index in [-0.39, 0.29) is 23.8 Å². The highest BCUT2D eigenvalue weighted by Crippen LogP contribution is 2.74. The molecule has 0 spiro atoms. The van der Waals surface area contributed by atoms with Crippen molar-refractivity contribution in [1.29, 1.82) is 0 Å². The number of nitrogens with one attached hydrogen (secondary N) is 1. The largest absolute Gasteiger partial charge is 0.352 e. The van der Waals surface area contributed by atoms with Crippen LogP contribution in [0.15, 0.2) is 15.8 Å². The molecule has 0 aromatic carbocycles. The molecule has 0 saturated carbocycles. The van der Waals surface area contributed by atoms with E-state index in [1.165, 1.54) is 4.57 Å². The van der Waals surface area contributed by atoms with Gasteiger partial charge in [0.25, 0.3) is 5.56 Å². The molecule has 2 aliphatic rings. The summed E-state index contributed by atoms with van der Waals surface area (Å²) in [5, 5.41) is 0. The molecule has 1 aromatic heterocycles. The first-order valence-electron chi connectivity index (χ1n) is 7.39. The predicted molar refractivity (Wildman–Crippen MR) is 98.9 cm³/mol. The monoisotopic (exact) mass is 394 g/mol. The maximum absolute atomic E-state index is 12.0. The Balaban J connectivity index is 1.69. The van der Waals surface area contributed by atoms with Gasteiger partial charge in [-0.25, -0.2) is 4.79 Å². The summed E-state index contributed by atoms with van der Waals surface area (Å²) in [4.78, 5) is 25.8. The lowest BCUT2D eigenvalue weighted by molar-refractivity contribution is -0.0241. The van der Waals surface area contributed by atoms with Gasteiger partial charge in [0.15, 0.2) is 4.67 Å². The lowest BCUT2D eigenvalue weighted by Crippen LogP contribution is -2.33. The molecule has 2 saturated heterocycles. The van der Waals surface area contributed by atoms with Gasteiger partial charge >= 0.3 is 5.69 Å². The van der Waals surface area contributed by atoms with Crippen LogP contribution in [0.5, 0.6) is 0 Å². The van der Waals surface area contributed by atoms with Crippen molar-refractivity contribution in [3.05, 3.63) is 32.6 Å². The molecule has 6 nitrogen and oxygen atoms in total. The summed E-state index contributed by atoms with van der Waals surface area (Å²) in [6, 6.07) is 0. The van der Waals surface area contributed by atoms with Gasteiger partial charge in [-0.2, -0.15) is 0 Å². The van der Waals surface area contributed by atoms with Gasteiger partial charge in [-0.3, -0.25) is 14.3 Å². The molecule has 3 heterocycles. The van der Waals surface area contributed by atoms with E-state index in [2.05, 4.69) is 11.9 Å². The fourth-order valence-electron chi connectivity index (χ4n) is 2.62. The predicted octanol–water partition coefficient (Wildman–Crippen LogP) is 2.49. The van der Waals surface area contributed by atoms with Gasteiger partial charge in [-0.15, -0.1) is 0 Å². The smallest absolute Gasteiger partial charge is 0.330 e. The van der Waals surface area contributed by atoms with Crippen LogP contribution in [0, 0.1) is 12.8 Å². The Labute approximate surface area is 147 Å². The molecule has 1 N–H and O–H groups in total. The fourth-order valence-corrected chi connectivity index (χ4v) is 11.5. The second-order valence-electron chi connectivity index (χ2n) is 5.73. The third kappa shape index (κ3) is 3.96. The summed E-state index contributed by atoms with van der Waals surface area (Å²) in [5.41, 5.74) is -0.298. The third-order valence-electron chi connectivity index (χ3n) is 3.98. The number of hydrogen-bond acceptors (Lipinski definition) is 7. The Hall–Kier alpha value is -0.0500. The van der Waals surface area contributed by atoms with E-state index < -0.39 is 10.4 Å². The van der Waals surface area contributed by atoms with Gasteiger partial charge in [0, 0.05) is 23.3 Å². The van der Waals surface area contributed by atoms with Gasteiger partial charge in [-0.05, 0) is 31.1 Å². The van der Waals surface area contributed by atoms with Crippen molar-refractivity contribution in [1.82, 2.24) is 9.55 Å². The molecule has 10 heteroatoms. The minimum Gasteiger partial charge on any atom is -0.352 e. The summed E-state index contributed by atoms with van der Waals surface area (Å²) < 4.78 is 11.7. The molecule has 3 atom stereocenters. The Morgan fingerprint density at radius 1 is 1.48 bits per heavy atom. The van der Waals surface area contributed by atoms with Crippen LogP contribution in [0.25, 0.3) is 0 Å². The first kappa shape index (κ1) is 17.8. The van der Waals surface area contributed by atoms with Gasteiger partial charge in [0.2, 0.25) is 0 Å². The summed E-state index contributed by atoms with van der Waals surface area (Å²) in [6.07, 6.45) is 1.82. The molecule has 0 amide bonds. The minimum atomic E-state index is -1.79. The summed E-state index contributed by atoms with van der Waals surface area (Å²) in [7, 11) is 0. The van der Waals surface area contributed by atoms with Crippen molar-refractivity contribution in [2.75, 3.05) is 18.1 Å². The van der Waals surface area contributed by atoms with E-state index in [0.717, 1.165) is 11.5 Å². The number of aryl methyl sites for hydroxylation is 1. The highest BCUT2D eigenvalue weighted by molar-refractivity contribution is 9.00. The van der Waals surface area contributed by atoms with Gasteiger partial charge < -0.3 is 9.26 Å². The molecule has 2 aliphatic heterocycles.